The molecule has 0 saturated heterocycles. The van der Waals surface area contributed by atoms with Crippen molar-refractivity contribution in [3.05, 3.63) is 0 Å². The SMILES string of the molecule is CC(=O)N(O)C(C)C=S. The summed E-state index contributed by atoms with van der Waals surface area (Å²) in [5.74, 6) is -0.399. The highest BCUT2D eigenvalue weighted by atomic mass is 32.1. The van der Waals surface area contributed by atoms with E-state index in [-0.39, 0.29) is 6.04 Å². The Hall–Kier alpha value is -0.480. The van der Waals surface area contributed by atoms with Gasteiger partial charge in [0.15, 0.2) is 0 Å². The van der Waals surface area contributed by atoms with Gasteiger partial charge in [0.2, 0.25) is 5.91 Å². The molecule has 0 heterocycles. The monoisotopic (exact) mass is 147 g/mol. The quantitative estimate of drug-likeness (QED) is 0.353. The van der Waals surface area contributed by atoms with Gasteiger partial charge in [-0.2, -0.15) is 0 Å². The van der Waals surface area contributed by atoms with Crippen LogP contribution < -0.4 is 0 Å². The molecule has 0 rings (SSSR count). The third kappa shape index (κ3) is 2.53. The van der Waals surface area contributed by atoms with E-state index < -0.39 is 5.91 Å². The molecule has 1 unspecified atom stereocenters. The van der Waals surface area contributed by atoms with Crippen LogP contribution in [-0.2, 0) is 4.79 Å². The number of amides is 1. The lowest BCUT2D eigenvalue weighted by molar-refractivity contribution is -0.165. The van der Waals surface area contributed by atoms with Crippen LogP contribution in [0.1, 0.15) is 13.8 Å². The standard InChI is InChI=1S/C5H9NO2S/c1-4(3-9)6(8)5(2)7/h3-4,8H,1-2H3. The van der Waals surface area contributed by atoms with Gasteiger partial charge in [-0.1, -0.05) is 12.2 Å². The maximum absolute atomic E-state index is 10.4. The molecule has 4 heteroatoms. The normalized spacial score (nSPS) is 12.3. The van der Waals surface area contributed by atoms with Gasteiger partial charge in [0.25, 0.3) is 0 Å². The van der Waals surface area contributed by atoms with E-state index in [2.05, 4.69) is 12.2 Å². The number of hydrogen-bond donors (Lipinski definition) is 1. The van der Waals surface area contributed by atoms with Gasteiger partial charge in [-0.3, -0.25) is 10.0 Å². The predicted molar refractivity (Wildman–Crippen MR) is 37.4 cm³/mol. The zero-order valence-electron chi connectivity index (χ0n) is 5.37. The van der Waals surface area contributed by atoms with Gasteiger partial charge in [0.05, 0.1) is 6.04 Å². The minimum atomic E-state index is -0.399. The molecule has 52 valence electrons. The van der Waals surface area contributed by atoms with Gasteiger partial charge in [-0.25, -0.2) is 5.06 Å². The summed E-state index contributed by atoms with van der Waals surface area (Å²) in [5.41, 5.74) is 0. The fourth-order valence-corrected chi connectivity index (χ4v) is 0.460. The van der Waals surface area contributed by atoms with E-state index >= 15 is 0 Å². The van der Waals surface area contributed by atoms with Crippen LogP contribution in [0.5, 0.6) is 0 Å². The first-order chi connectivity index (χ1) is 4.09. The second-order valence-electron chi connectivity index (χ2n) is 1.74. The maximum atomic E-state index is 10.4. The Labute approximate surface area is 59.2 Å². The van der Waals surface area contributed by atoms with E-state index in [0.717, 1.165) is 0 Å². The van der Waals surface area contributed by atoms with Crippen LogP contribution in [0.2, 0.25) is 0 Å². The molecule has 3 nitrogen and oxygen atoms in total. The minimum Gasteiger partial charge on any atom is -0.285 e. The summed E-state index contributed by atoms with van der Waals surface area (Å²) in [6.45, 7) is 2.91. The van der Waals surface area contributed by atoms with Crippen molar-refractivity contribution in [1.29, 1.82) is 0 Å². The Morgan fingerprint density at radius 1 is 1.89 bits per heavy atom. The lowest BCUT2D eigenvalue weighted by atomic mass is 10.4. The summed E-state index contributed by atoms with van der Waals surface area (Å²) in [5, 5.41) is 10.7. The van der Waals surface area contributed by atoms with Crippen molar-refractivity contribution in [3.63, 3.8) is 0 Å². The van der Waals surface area contributed by atoms with Gasteiger partial charge in [0, 0.05) is 12.3 Å². The van der Waals surface area contributed by atoms with Crippen LogP contribution in [0.3, 0.4) is 0 Å². The molecule has 0 aromatic heterocycles. The highest BCUT2D eigenvalue weighted by molar-refractivity contribution is 7.79. The van der Waals surface area contributed by atoms with E-state index in [1.165, 1.54) is 12.3 Å². The summed E-state index contributed by atoms with van der Waals surface area (Å²) in [4.78, 5) is 10.4. The molecular weight excluding hydrogens is 138 g/mol. The number of hydrogen-bond acceptors (Lipinski definition) is 3. The van der Waals surface area contributed by atoms with E-state index in [1.54, 1.807) is 6.92 Å². The van der Waals surface area contributed by atoms with Crippen molar-refractivity contribution in [2.75, 3.05) is 0 Å². The third-order valence-corrected chi connectivity index (χ3v) is 1.30. The van der Waals surface area contributed by atoms with Crippen molar-refractivity contribution < 1.29 is 10.0 Å². The molecule has 0 aliphatic rings. The van der Waals surface area contributed by atoms with E-state index in [4.69, 9.17) is 5.21 Å². The summed E-state index contributed by atoms with van der Waals surface area (Å²) < 4.78 is 0. The first-order valence-corrected chi connectivity index (χ1v) is 3.00. The Bertz CT molecular complexity index is 126. The molecule has 0 aromatic rings. The highest BCUT2D eigenvalue weighted by Crippen LogP contribution is 1.90. The van der Waals surface area contributed by atoms with Gasteiger partial charge in [-0.05, 0) is 6.92 Å². The number of rotatable bonds is 2. The summed E-state index contributed by atoms with van der Waals surface area (Å²) in [7, 11) is 0. The predicted octanol–water partition coefficient (Wildman–Crippen LogP) is 0.612. The molecule has 0 fully saturated rings. The van der Waals surface area contributed by atoms with Crippen LogP contribution in [0.25, 0.3) is 0 Å². The van der Waals surface area contributed by atoms with Crippen molar-refractivity contribution >= 4 is 23.5 Å². The first-order valence-electron chi connectivity index (χ1n) is 2.53. The maximum Gasteiger partial charge on any atom is 0.243 e. The van der Waals surface area contributed by atoms with Crippen molar-refractivity contribution in [3.8, 4) is 0 Å². The zero-order valence-corrected chi connectivity index (χ0v) is 6.18. The van der Waals surface area contributed by atoms with Crippen LogP contribution in [0, 0.1) is 0 Å². The number of carbonyl (C=O) groups excluding carboxylic acids is 1. The molecule has 0 aromatic carbocycles. The molecule has 9 heavy (non-hydrogen) atoms. The van der Waals surface area contributed by atoms with E-state index in [9.17, 15) is 4.79 Å². The molecule has 0 aliphatic heterocycles. The highest BCUT2D eigenvalue weighted by Gasteiger charge is 2.09. The van der Waals surface area contributed by atoms with Crippen molar-refractivity contribution in [2.45, 2.75) is 19.9 Å². The average molecular weight is 147 g/mol. The lowest BCUT2D eigenvalue weighted by Crippen LogP contribution is -2.34. The van der Waals surface area contributed by atoms with Crippen LogP contribution in [0.15, 0.2) is 0 Å². The van der Waals surface area contributed by atoms with Crippen molar-refractivity contribution in [1.82, 2.24) is 5.06 Å². The molecule has 0 saturated carbocycles. The van der Waals surface area contributed by atoms with Gasteiger partial charge in [-0.15, -0.1) is 0 Å². The molecule has 0 spiro atoms. The molecule has 1 N–H and O–H groups in total. The van der Waals surface area contributed by atoms with E-state index in [0.29, 0.717) is 5.06 Å². The molecule has 0 bridgehead atoms. The fraction of sp³-hybridized carbons (Fsp3) is 0.600. The van der Waals surface area contributed by atoms with Gasteiger partial charge in [0.1, 0.15) is 0 Å². The Morgan fingerprint density at radius 2 is 2.33 bits per heavy atom. The van der Waals surface area contributed by atoms with Crippen molar-refractivity contribution in [2.24, 2.45) is 0 Å². The Morgan fingerprint density at radius 3 is 2.44 bits per heavy atom. The van der Waals surface area contributed by atoms with Crippen LogP contribution in [0.4, 0.5) is 0 Å². The zero-order chi connectivity index (χ0) is 7.44. The molecule has 1 atom stereocenters. The number of thiocarbonyl (C=S) groups is 1. The lowest BCUT2D eigenvalue weighted by Gasteiger charge is -2.15. The number of carbonyl (C=O) groups is 1. The van der Waals surface area contributed by atoms with Crippen LogP contribution >= 0.6 is 12.2 Å². The minimum absolute atomic E-state index is 0.377. The second kappa shape index (κ2) is 3.53. The molecule has 0 radical (unpaired) electrons. The number of nitrogens with zero attached hydrogens (tertiary/aromatic N) is 1. The molecule has 0 aliphatic carbocycles. The first kappa shape index (κ1) is 8.52. The van der Waals surface area contributed by atoms with Gasteiger partial charge >= 0.3 is 0 Å². The molecular formula is C5H9NO2S. The summed E-state index contributed by atoms with van der Waals surface area (Å²) in [6.07, 6.45) is 0. The fourth-order valence-electron chi connectivity index (χ4n) is 0.344. The smallest absolute Gasteiger partial charge is 0.243 e. The Kier molecular flexibility index (Phi) is 3.34. The average Bonchev–Trinajstić information content (AvgIpc) is 1.84. The summed E-state index contributed by atoms with van der Waals surface area (Å²) in [6, 6.07) is -0.377. The second-order valence-corrected chi connectivity index (χ2v) is 2.01. The van der Waals surface area contributed by atoms with Gasteiger partial charge < -0.3 is 0 Å². The molecule has 1 amide bonds. The third-order valence-electron chi connectivity index (χ3n) is 0.905. The Balaban J connectivity index is 3.86. The van der Waals surface area contributed by atoms with E-state index in [1.807, 2.05) is 0 Å². The largest absolute Gasteiger partial charge is 0.285 e. The number of hydroxylamine groups is 2. The van der Waals surface area contributed by atoms with Crippen LogP contribution in [-0.4, -0.2) is 27.6 Å². The topological polar surface area (TPSA) is 40.5 Å². The summed E-state index contributed by atoms with van der Waals surface area (Å²) >= 11 is 4.49.